The summed E-state index contributed by atoms with van der Waals surface area (Å²) < 4.78 is 0. The average Bonchev–Trinajstić information content (AvgIpc) is 2.54. The molecule has 0 aromatic carbocycles. The van der Waals surface area contributed by atoms with Gasteiger partial charge in [0.15, 0.2) is 0 Å². The number of aliphatic hydroxyl groups is 8. The van der Waals surface area contributed by atoms with Crippen LogP contribution in [0.15, 0.2) is 0 Å². The highest BCUT2D eigenvalue weighted by Gasteiger charge is 2.29. The van der Waals surface area contributed by atoms with Gasteiger partial charge in [-0.05, 0) is 7.05 Å². The van der Waals surface area contributed by atoms with Crippen molar-refractivity contribution in [3.05, 3.63) is 0 Å². The van der Waals surface area contributed by atoms with Crippen molar-refractivity contribution in [2.24, 2.45) is 0 Å². The zero-order valence-electron chi connectivity index (χ0n) is 13.5. The number of rotatable bonds is 12. The number of nitrogens with zero attached hydrogens (tertiary/aromatic N) is 1. The van der Waals surface area contributed by atoms with E-state index in [0.717, 1.165) is 0 Å². The topological polar surface area (TPSA) is 177 Å². The average molecular weight is 344 g/mol. The van der Waals surface area contributed by atoms with E-state index in [2.05, 4.69) is 5.32 Å². The number of nitrogens with one attached hydrogen (secondary N) is 1. The molecular formula is C13H32N2O8. The molecule has 0 saturated heterocycles. The van der Waals surface area contributed by atoms with Gasteiger partial charge in [0.05, 0.1) is 32.5 Å². The minimum absolute atomic E-state index is 0.0694. The van der Waals surface area contributed by atoms with E-state index < -0.39 is 31.0 Å². The maximum atomic E-state index is 9.21. The summed E-state index contributed by atoms with van der Waals surface area (Å²) in [6.07, 6.45) is -5.65. The monoisotopic (exact) mass is 344 g/mol. The standard InChI is InChI=1S/C7H17NO5.C6H15NO3/c1-8-2-4(10)6(12)7(13)5(11)3-9;8-4-1-7(2-5-9)3-6-10/h4-13H,2-3H2,1H3;8-10H,1-6H2. The van der Waals surface area contributed by atoms with E-state index in [1.54, 1.807) is 11.9 Å². The van der Waals surface area contributed by atoms with Crippen LogP contribution in [0.1, 0.15) is 0 Å². The second-order valence-electron chi connectivity index (χ2n) is 4.87. The molecule has 4 atom stereocenters. The first-order valence-corrected chi connectivity index (χ1v) is 7.42. The van der Waals surface area contributed by atoms with Crippen LogP contribution in [0.5, 0.6) is 0 Å². The van der Waals surface area contributed by atoms with Crippen molar-refractivity contribution >= 4 is 0 Å². The van der Waals surface area contributed by atoms with Gasteiger partial charge in [0.1, 0.15) is 18.3 Å². The highest BCUT2D eigenvalue weighted by atomic mass is 16.4. The third-order valence-corrected chi connectivity index (χ3v) is 2.99. The fraction of sp³-hybridized carbons (Fsp3) is 1.00. The predicted octanol–water partition coefficient (Wildman–Crippen LogP) is -5.09. The molecule has 0 aliphatic carbocycles. The Hall–Kier alpha value is -0.400. The van der Waals surface area contributed by atoms with Gasteiger partial charge in [-0.2, -0.15) is 0 Å². The summed E-state index contributed by atoms with van der Waals surface area (Å²) in [4.78, 5) is 1.79. The first kappa shape index (κ1) is 24.8. The molecule has 10 nitrogen and oxygen atoms in total. The second-order valence-corrected chi connectivity index (χ2v) is 4.87. The molecular weight excluding hydrogens is 312 g/mol. The van der Waals surface area contributed by atoms with E-state index in [4.69, 9.17) is 35.7 Å². The Bertz CT molecular complexity index is 236. The molecule has 0 amide bonds. The number of likely N-dealkylation sites (N-methyl/N-ethyl adjacent to an activating group) is 1. The molecule has 23 heavy (non-hydrogen) atoms. The quantitative estimate of drug-likeness (QED) is 0.166. The van der Waals surface area contributed by atoms with Crippen LogP contribution < -0.4 is 5.32 Å². The fourth-order valence-corrected chi connectivity index (χ4v) is 1.65. The summed E-state index contributed by atoms with van der Waals surface area (Å²) in [6, 6.07) is 0. The summed E-state index contributed by atoms with van der Waals surface area (Å²) in [5.74, 6) is 0. The summed E-state index contributed by atoms with van der Waals surface area (Å²) in [5, 5.41) is 72.9. The normalized spacial score (nSPS) is 16.4. The molecule has 0 bridgehead atoms. The van der Waals surface area contributed by atoms with Crippen LogP contribution in [0, 0.1) is 0 Å². The number of hydrogen-bond acceptors (Lipinski definition) is 10. The molecule has 0 heterocycles. The zero-order valence-corrected chi connectivity index (χ0v) is 13.5. The second kappa shape index (κ2) is 16.5. The molecule has 0 fully saturated rings. The van der Waals surface area contributed by atoms with Crippen LogP contribution in [-0.4, -0.2) is 130 Å². The van der Waals surface area contributed by atoms with Crippen molar-refractivity contribution in [1.29, 1.82) is 0 Å². The molecule has 10 heteroatoms. The largest absolute Gasteiger partial charge is 0.395 e. The molecule has 0 rings (SSSR count). The molecule has 142 valence electrons. The lowest BCUT2D eigenvalue weighted by atomic mass is 10.0. The van der Waals surface area contributed by atoms with Crippen LogP contribution in [0.3, 0.4) is 0 Å². The minimum Gasteiger partial charge on any atom is -0.395 e. The van der Waals surface area contributed by atoms with Gasteiger partial charge in [-0.1, -0.05) is 0 Å². The fourth-order valence-electron chi connectivity index (χ4n) is 1.65. The smallest absolute Gasteiger partial charge is 0.111 e. The van der Waals surface area contributed by atoms with Crippen molar-refractivity contribution in [3.63, 3.8) is 0 Å². The molecule has 0 aromatic rings. The van der Waals surface area contributed by atoms with E-state index in [1.807, 2.05) is 0 Å². The summed E-state index contributed by atoms with van der Waals surface area (Å²) in [5.41, 5.74) is 0. The molecule has 0 aliphatic heterocycles. The number of aliphatic hydroxyl groups excluding tert-OH is 8. The van der Waals surface area contributed by atoms with Gasteiger partial charge in [0, 0.05) is 26.2 Å². The Morgan fingerprint density at radius 3 is 1.43 bits per heavy atom. The molecule has 0 aromatic heterocycles. The minimum atomic E-state index is -1.55. The molecule has 4 unspecified atom stereocenters. The van der Waals surface area contributed by atoms with E-state index >= 15 is 0 Å². The Labute approximate surface area is 136 Å². The zero-order chi connectivity index (χ0) is 18.3. The Balaban J connectivity index is 0. The summed E-state index contributed by atoms with van der Waals surface area (Å²) >= 11 is 0. The summed E-state index contributed by atoms with van der Waals surface area (Å²) in [7, 11) is 1.57. The molecule has 0 aliphatic rings. The van der Waals surface area contributed by atoms with Gasteiger partial charge in [-0.25, -0.2) is 0 Å². The van der Waals surface area contributed by atoms with E-state index in [-0.39, 0.29) is 26.4 Å². The molecule has 9 N–H and O–H groups in total. The predicted molar refractivity (Wildman–Crippen MR) is 82.7 cm³/mol. The molecule has 0 saturated carbocycles. The van der Waals surface area contributed by atoms with Gasteiger partial charge >= 0.3 is 0 Å². The van der Waals surface area contributed by atoms with Gasteiger partial charge in [0.2, 0.25) is 0 Å². The lowest BCUT2D eigenvalue weighted by Crippen LogP contribution is -2.48. The number of hydrogen-bond donors (Lipinski definition) is 9. The SMILES string of the molecule is CNCC(O)C(O)C(O)C(O)CO.OCCN(CCO)CCO. The highest BCUT2D eigenvalue weighted by Crippen LogP contribution is 2.04. The molecule has 0 radical (unpaired) electrons. The molecule has 0 spiro atoms. The Morgan fingerprint density at radius 2 is 1.13 bits per heavy atom. The van der Waals surface area contributed by atoms with Crippen LogP contribution in [0.25, 0.3) is 0 Å². The van der Waals surface area contributed by atoms with E-state index in [0.29, 0.717) is 19.6 Å². The summed E-state index contributed by atoms with van der Waals surface area (Å²) in [6.45, 7) is 1.18. The Morgan fingerprint density at radius 1 is 0.739 bits per heavy atom. The first-order chi connectivity index (χ1) is 10.9. The maximum absolute atomic E-state index is 9.21. The lowest BCUT2D eigenvalue weighted by Gasteiger charge is -2.25. The van der Waals surface area contributed by atoms with Crippen molar-refractivity contribution in [2.45, 2.75) is 24.4 Å². The lowest BCUT2D eigenvalue weighted by molar-refractivity contribution is -0.113. The highest BCUT2D eigenvalue weighted by molar-refractivity contribution is 4.81. The van der Waals surface area contributed by atoms with Crippen LogP contribution in [0.2, 0.25) is 0 Å². The van der Waals surface area contributed by atoms with Crippen LogP contribution in [0.4, 0.5) is 0 Å². The van der Waals surface area contributed by atoms with Gasteiger partial charge in [0.25, 0.3) is 0 Å². The van der Waals surface area contributed by atoms with E-state index in [1.165, 1.54) is 0 Å². The van der Waals surface area contributed by atoms with Crippen molar-refractivity contribution < 1.29 is 40.9 Å². The van der Waals surface area contributed by atoms with Gasteiger partial charge in [-0.15, -0.1) is 0 Å². The third-order valence-electron chi connectivity index (χ3n) is 2.99. The maximum Gasteiger partial charge on any atom is 0.111 e. The van der Waals surface area contributed by atoms with Gasteiger partial charge < -0.3 is 46.2 Å². The first-order valence-electron chi connectivity index (χ1n) is 7.42. The van der Waals surface area contributed by atoms with E-state index in [9.17, 15) is 5.11 Å². The Kier molecular flexibility index (Phi) is 17.8. The van der Waals surface area contributed by atoms with Crippen molar-refractivity contribution in [3.8, 4) is 0 Å². The third kappa shape index (κ3) is 12.7. The van der Waals surface area contributed by atoms with Gasteiger partial charge in [-0.3, -0.25) is 4.90 Å². The van der Waals surface area contributed by atoms with Crippen molar-refractivity contribution in [2.75, 3.05) is 59.7 Å². The van der Waals surface area contributed by atoms with Crippen LogP contribution >= 0.6 is 0 Å². The van der Waals surface area contributed by atoms with Crippen LogP contribution in [-0.2, 0) is 0 Å². The van der Waals surface area contributed by atoms with Crippen molar-refractivity contribution in [1.82, 2.24) is 10.2 Å².